The lowest BCUT2D eigenvalue weighted by Gasteiger charge is -2.28. The SMILES string of the molecule is BrCc1ccc(CCC2CCCc3ccc4c(ccc5ccccc54)c32)cc1. The van der Waals surface area contributed by atoms with Crippen molar-refractivity contribution in [2.45, 2.75) is 43.4 Å². The molecule has 1 atom stereocenters. The van der Waals surface area contributed by atoms with Crippen molar-refractivity contribution in [3.8, 4) is 0 Å². The molecular formula is C27H25Br. The van der Waals surface area contributed by atoms with Crippen molar-refractivity contribution in [3.63, 3.8) is 0 Å². The smallest absolute Gasteiger partial charge is 0.0283 e. The van der Waals surface area contributed by atoms with E-state index in [1.165, 1.54) is 58.4 Å². The number of hydrogen-bond acceptors (Lipinski definition) is 0. The average molecular weight is 429 g/mol. The Balaban J connectivity index is 1.52. The van der Waals surface area contributed by atoms with E-state index in [-0.39, 0.29) is 0 Å². The normalized spacial score (nSPS) is 16.4. The van der Waals surface area contributed by atoms with Gasteiger partial charge in [-0.2, -0.15) is 0 Å². The second-order valence-electron chi connectivity index (χ2n) is 8.10. The van der Waals surface area contributed by atoms with Crippen LogP contribution in [0, 0.1) is 0 Å². The van der Waals surface area contributed by atoms with Crippen molar-refractivity contribution in [3.05, 3.63) is 95.1 Å². The molecule has 0 N–H and O–H groups in total. The first-order valence-corrected chi connectivity index (χ1v) is 11.5. The first-order valence-electron chi connectivity index (χ1n) is 10.4. The summed E-state index contributed by atoms with van der Waals surface area (Å²) >= 11 is 3.54. The Labute approximate surface area is 175 Å². The lowest BCUT2D eigenvalue weighted by Crippen LogP contribution is -2.11. The molecule has 1 unspecified atom stereocenters. The van der Waals surface area contributed by atoms with Gasteiger partial charge in [0, 0.05) is 5.33 Å². The van der Waals surface area contributed by atoms with E-state index in [1.54, 1.807) is 11.1 Å². The zero-order chi connectivity index (χ0) is 18.9. The molecule has 4 aromatic carbocycles. The van der Waals surface area contributed by atoms with E-state index < -0.39 is 0 Å². The fourth-order valence-electron chi connectivity index (χ4n) is 4.96. The summed E-state index contributed by atoms with van der Waals surface area (Å²) in [6, 6.07) is 27.3. The van der Waals surface area contributed by atoms with Gasteiger partial charge in [0.25, 0.3) is 0 Å². The Bertz CT molecular complexity index is 1120. The molecule has 0 heterocycles. The zero-order valence-corrected chi connectivity index (χ0v) is 17.7. The van der Waals surface area contributed by atoms with Gasteiger partial charge in [0.1, 0.15) is 0 Å². The maximum absolute atomic E-state index is 3.54. The summed E-state index contributed by atoms with van der Waals surface area (Å²) in [6.07, 6.45) is 6.27. The van der Waals surface area contributed by atoms with Crippen molar-refractivity contribution in [2.24, 2.45) is 0 Å². The molecular weight excluding hydrogens is 404 g/mol. The third-order valence-corrected chi connectivity index (χ3v) is 7.07. The minimum absolute atomic E-state index is 0.671. The number of benzene rings is 4. The van der Waals surface area contributed by atoms with Gasteiger partial charge < -0.3 is 0 Å². The Morgan fingerprint density at radius 1 is 0.750 bits per heavy atom. The number of fused-ring (bicyclic) bond motifs is 5. The van der Waals surface area contributed by atoms with Crippen LogP contribution in [0.4, 0.5) is 0 Å². The lowest BCUT2D eigenvalue weighted by molar-refractivity contribution is 0.524. The summed E-state index contributed by atoms with van der Waals surface area (Å²) in [7, 11) is 0. The molecule has 0 aliphatic heterocycles. The van der Waals surface area contributed by atoms with Crippen LogP contribution in [0.2, 0.25) is 0 Å². The molecule has 1 aliphatic carbocycles. The van der Waals surface area contributed by atoms with E-state index in [0.29, 0.717) is 5.92 Å². The topological polar surface area (TPSA) is 0 Å². The van der Waals surface area contributed by atoms with Gasteiger partial charge in [-0.05, 0) is 81.8 Å². The van der Waals surface area contributed by atoms with Gasteiger partial charge in [-0.15, -0.1) is 0 Å². The van der Waals surface area contributed by atoms with Crippen LogP contribution in [0.15, 0.2) is 72.8 Å². The van der Waals surface area contributed by atoms with Crippen LogP contribution < -0.4 is 0 Å². The highest BCUT2D eigenvalue weighted by molar-refractivity contribution is 9.08. The maximum atomic E-state index is 3.54. The van der Waals surface area contributed by atoms with E-state index in [1.807, 2.05) is 0 Å². The van der Waals surface area contributed by atoms with Gasteiger partial charge in [-0.25, -0.2) is 0 Å². The Hall–Kier alpha value is -2.12. The fourth-order valence-corrected chi connectivity index (χ4v) is 5.34. The summed E-state index contributed by atoms with van der Waals surface area (Å²) in [5.74, 6) is 0.671. The molecule has 0 amide bonds. The van der Waals surface area contributed by atoms with Gasteiger partial charge in [-0.3, -0.25) is 0 Å². The maximum Gasteiger partial charge on any atom is 0.0283 e. The van der Waals surface area contributed by atoms with E-state index in [4.69, 9.17) is 0 Å². The molecule has 1 heteroatoms. The van der Waals surface area contributed by atoms with Crippen LogP contribution in [0.5, 0.6) is 0 Å². The number of halogens is 1. The van der Waals surface area contributed by atoms with Crippen LogP contribution >= 0.6 is 15.9 Å². The van der Waals surface area contributed by atoms with Crippen molar-refractivity contribution in [1.82, 2.24) is 0 Å². The van der Waals surface area contributed by atoms with Crippen LogP contribution in [0.3, 0.4) is 0 Å². The molecule has 0 fully saturated rings. The highest BCUT2D eigenvalue weighted by Crippen LogP contribution is 2.41. The highest BCUT2D eigenvalue weighted by atomic mass is 79.9. The first kappa shape index (κ1) is 17.9. The molecule has 0 aromatic heterocycles. The van der Waals surface area contributed by atoms with E-state index in [2.05, 4.69) is 88.7 Å². The lowest BCUT2D eigenvalue weighted by atomic mass is 9.77. The Morgan fingerprint density at radius 3 is 2.39 bits per heavy atom. The molecule has 5 rings (SSSR count). The van der Waals surface area contributed by atoms with Crippen LogP contribution in [-0.2, 0) is 18.2 Å². The van der Waals surface area contributed by atoms with E-state index in [9.17, 15) is 0 Å². The second kappa shape index (κ2) is 7.72. The van der Waals surface area contributed by atoms with Crippen LogP contribution in [-0.4, -0.2) is 0 Å². The third kappa shape index (κ3) is 3.26. The predicted octanol–water partition coefficient (Wildman–Crippen LogP) is 7.94. The van der Waals surface area contributed by atoms with E-state index >= 15 is 0 Å². The molecule has 0 bridgehead atoms. The molecule has 0 nitrogen and oxygen atoms in total. The van der Waals surface area contributed by atoms with Crippen molar-refractivity contribution < 1.29 is 0 Å². The number of hydrogen-bond donors (Lipinski definition) is 0. The van der Waals surface area contributed by atoms with Gasteiger partial charge in [0.2, 0.25) is 0 Å². The summed E-state index contributed by atoms with van der Waals surface area (Å²) in [5, 5.41) is 6.57. The van der Waals surface area contributed by atoms with Gasteiger partial charge in [-0.1, -0.05) is 88.7 Å². The quantitative estimate of drug-likeness (QED) is 0.228. The number of aryl methyl sites for hydroxylation is 2. The van der Waals surface area contributed by atoms with Crippen molar-refractivity contribution in [1.29, 1.82) is 0 Å². The monoisotopic (exact) mass is 428 g/mol. The molecule has 0 spiro atoms. The zero-order valence-electron chi connectivity index (χ0n) is 16.1. The molecule has 0 saturated heterocycles. The van der Waals surface area contributed by atoms with Gasteiger partial charge in [0.15, 0.2) is 0 Å². The summed E-state index contributed by atoms with van der Waals surface area (Å²) in [5.41, 5.74) is 6.02. The number of rotatable bonds is 4. The summed E-state index contributed by atoms with van der Waals surface area (Å²) in [6.45, 7) is 0. The van der Waals surface area contributed by atoms with Crippen LogP contribution in [0.25, 0.3) is 21.5 Å². The minimum atomic E-state index is 0.671. The first-order chi connectivity index (χ1) is 13.8. The Morgan fingerprint density at radius 2 is 1.54 bits per heavy atom. The highest BCUT2D eigenvalue weighted by Gasteiger charge is 2.22. The molecule has 28 heavy (non-hydrogen) atoms. The molecule has 0 radical (unpaired) electrons. The third-order valence-electron chi connectivity index (χ3n) is 6.42. The standard InChI is InChI=1S/C27H25Br/c28-18-20-10-8-19(9-11-20)12-13-22-5-3-6-23-15-16-25-24-7-2-1-4-21(24)14-17-26(25)27(22)23/h1-2,4,7-11,14-17,22H,3,5-6,12-13,18H2. The minimum Gasteiger partial charge on any atom is -0.0876 e. The van der Waals surface area contributed by atoms with Gasteiger partial charge >= 0.3 is 0 Å². The second-order valence-corrected chi connectivity index (χ2v) is 8.66. The van der Waals surface area contributed by atoms with Crippen molar-refractivity contribution in [2.75, 3.05) is 0 Å². The number of alkyl halides is 1. The van der Waals surface area contributed by atoms with E-state index in [0.717, 1.165) is 11.8 Å². The van der Waals surface area contributed by atoms with Crippen molar-refractivity contribution >= 4 is 37.5 Å². The van der Waals surface area contributed by atoms with Crippen LogP contribution in [0.1, 0.15) is 47.4 Å². The molecule has 1 aliphatic rings. The Kier molecular flexibility index (Phi) is 4.94. The molecule has 0 saturated carbocycles. The molecule has 140 valence electrons. The predicted molar refractivity (Wildman–Crippen MR) is 125 cm³/mol. The van der Waals surface area contributed by atoms with Gasteiger partial charge in [0.05, 0.1) is 0 Å². The summed E-state index contributed by atoms with van der Waals surface area (Å²) in [4.78, 5) is 0. The summed E-state index contributed by atoms with van der Waals surface area (Å²) < 4.78 is 0. The molecule has 4 aromatic rings. The largest absolute Gasteiger partial charge is 0.0876 e. The average Bonchev–Trinajstić information content (AvgIpc) is 2.77. The fraction of sp³-hybridized carbons (Fsp3) is 0.259.